The Balaban J connectivity index is 0.00000225. The molecule has 1 saturated heterocycles. The maximum atomic E-state index is 6.18. The third kappa shape index (κ3) is 4.46. The van der Waals surface area contributed by atoms with Crippen LogP contribution in [0.2, 0.25) is 0 Å². The second-order valence-electron chi connectivity index (χ2n) is 6.73. The number of nitrogens with zero attached hydrogens (tertiary/aromatic N) is 1. The van der Waals surface area contributed by atoms with Crippen molar-refractivity contribution in [3.63, 3.8) is 0 Å². The smallest absolute Gasteiger partial charge is 0.193 e. The van der Waals surface area contributed by atoms with Crippen LogP contribution in [0.25, 0.3) is 0 Å². The minimum Gasteiger partial charge on any atom is -0.381 e. The molecular weight excluding hydrogens is 429 g/mol. The first-order valence-electron chi connectivity index (χ1n) is 9.06. The minimum absolute atomic E-state index is 0. The molecule has 2 atom stereocenters. The van der Waals surface area contributed by atoms with Crippen LogP contribution >= 0.6 is 24.0 Å². The molecule has 0 bridgehead atoms. The summed E-state index contributed by atoms with van der Waals surface area (Å²) < 4.78 is 11.5. The van der Waals surface area contributed by atoms with Gasteiger partial charge in [0.25, 0.3) is 0 Å². The summed E-state index contributed by atoms with van der Waals surface area (Å²) in [7, 11) is 0. The molecule has 2 unspecified atom stereocenters. The van der Waals surface area contributed by atoms with Crippen LogP contribution in [0, 0.1) is 5.41 Å². The fourth-order valence-corrected chi connectivity index (χ4v) is 3.97. The van der Waals surface area contributed by atoms with Crippen molar-refractivity contribution >= 4 is 35.6 Å². The first kappa shape index (κ1) is 20.5. The largest absolute Gasteiger partial charge is 0.381 e. The van der Waals surface area contributed by atoms with Gasteiger partial charge in [-0.1, -0.05) is 19.1 Å². The molecule has 6 heteroatoms. The summed E-state index contributed by atoms with van der Waals surface area (Å²) in [4.78, 5) is 4.79. The van der Waals surface area contributed by atoms with E-state index in [1.54, 1.807) is 0 Å². The monoisotopic (exact) mass is 459 g/mol. The third-order valence-electron chi connectivity index (χ3n) is 5.44. The van der Waals surface area contributed by atoms with Crippen molar-refractivity contribution in [3.8, 4) is 0 Å². The second-order valence-corrected chi connectivity index (χ2v) is 6.73. The Morgan fingerprint density at radius 3 is 2.80 bits per heavy atom. The van der Waals surface area contributed by atoms with E-state index in [0.717, 1.165) is 51.2 Å². The highest BCUT2D eigenvalue weighted by molar-refractivity contribution is 14.0. The van der Waals surface area contributed by atoms with E-state index in [-0.39, 0.29) is 41.5 Å². The van der Waals surface area contributed by atoms with Gasteiger partial charge in [0.1, 0.15) is 0 Å². The standard InChI is InChI=1S/C19H29N3O2.HI/c1-3-14-6-5-7-15(12-14)21-18(20)22-16-13-17(24-4-2)19(16)8-10-23-11-9-19;/h5-7,12,16-17H,3-4,8-11,13H2,1-2H3,(H3,20,21,22);1H. The number of benzene rings is 1. The lowest BCUT2D eigenvalue weighted by Crippen LogP contribution is -2.60. The maximum absolute atomic E-state index is 6.18. The molecule has 5 nitrogen and oxygen atoms in total. The van der Waals surface area contributed by atoms with Crippen LogP contribution in [-0.4, -0.2) is 37.9 Å². The molecule has 1 aliphatic carbocycles. The van der Waals surface area contributed by atoms with Gasteiger partial charge in [-0.05, 0) is 50.3 Å². The third-order valence-corrected chi connectivity index (χ3v) is 5.44. The Bertz CT molecular complexity index is 588. The molecule has 1 saturated carbocycles. The zero-order chi connectivity index (χ0) is 17.0. The van der Waals surface area contributed by atoms with Crippen LogP contribution in [0.5, 0.6) is 0 Å². The summed E-state index contributed by atoms with van der Waals surface area (Å²) >= 11 is 0. The lowest BCUT2D eigenvalue weighted by molar-refractivity contribution is -0.163. The van der Waals surface area contributed by atoms with Gasteiger partial charge in [0, 0.05) is 30.9 Å². The topological polar surface area (TPSA) is 68.9 Å². The Labute approximate surface area is 167 Å². The van der Waals surface area contributed by atoms with Crippen LogP contribution < -0.4 is 11.1 Å². The van der Waals surface area contributed by atoms with Crippen molar-refractivity contribution < 1.29 is 9.47 Å². The van der Waals surface area contributed by atoms with Crippen molar-refractivity contribution in [2.75, 3.05) is 25.1 Å². The van der Waals surface area contributed by atoms with Crippen molar-refractivity contribution in [2.45, 2.75) is 51.7 Å². The van der Waals surface area contributed by atoms with E-state index < -0.39 is 0 Å². The average molecular weight is 459 g/mol. The molecule has 1 aromatic rings. The Kier molecular flexibility index (Phi) is 7.51. The van der Waals surface area contributed by atoms with Crippen LogP contribution in [0.15, 0.2) is 29.3 Å². The minimum atomic E-state index is 0. The van der Waals surface area contributed by atoms with Crippen molar-refractivity contribution in [2.24, 2.45) is 16.1 Å². The molecule has 25 heavy (non-hydrogen) atoms. The summed E-state index contributed by atoms with van der Waals surface area (Å²) in [5, 5.41) is 3.24. The van der Waals surface area contributed by atoms with E-state index in [9.17, 15) is 0 Å². The van der Waals surface area contributed by atoms with Crippen LogP contribution in [0.3, 0.4) is 0 Å². The maximum Gasteiger partial charge on any atom is 0.193 e. The van der Waals surface area contributed by atoms with E-state index in [1.807, 2.05) is 12.1 Å². The fourth-order valence-electron chi connectivity index (χ4n) is 3.97. The summed E-state index contributed by atoms with van der Waals surface area (Å²) in [6.07, 6.45) is 4.25. The second kappa shape index (κ2) is 9.19. The summed E-state index contributed by atoms with van der Waals surface area (Å²) in [5.74, 6) is 0.495. The Hall–Kier alpha value is -0.860. The molecule has 1 heterocycles. The Morgan fingerprint density at radius 2 is 2.12 bits per heavy atom. The highest BCUT2D eigenvalue weighted by Gasteiger charge is 2.56. The molecule has 1 aromatic carbocycles. The predicted molar refractivity (Wildman–Crippen MR) is 113 cm³/mol. The summed E-state index contributed by atoms with van der Waals surface area (Å²) in [6.45, 7) is 6.54. The van der Waals surface area contributed by atoms with Gasteiger partial charge in [0.15, 0.2) is 5.96 Å². The van der Waals surface area contributed by atoms with Gasteiger partial charge in [-0.2, -0.15) is 0 Å². The summed E-state index contributed by atoms with van der Waals surface area (Å²) in [6, 6.07) is 8.53. The molecule has 1 aliphatic heterocycles. The molecular formula is C19H30IN3O2. The first-order chi connectivity index (χ1) is 11.7. The number of nitrogens with one attached hydrogen (secondary N) is 1. The number of ether oxygens (including phenoxy) is 2. The molecule has 2 fully saturated rings. The number of hydrogen-bond donors (Lipinski definition) is 2. The van der Waals surface area contributed by atoms with Crippen LogP contribution in [0.4, 0.5) is 5.69 Å². The number of aryl methyl sites for hydroxylation is 1. The van der Waals surface area contributed by atoms with E-state index in [4.69, 9.17) is 20.2 Å². The van der Waals surface area contributed by atoms with Crippen LogP contribution in [-0.2, 0) is 15.9 Å². The fraction of sp³-hybridized carbons (Fsp3) is 0.632. The van der Waals surface area contributed by atoms with Gasteiger partial charge in [0.2, 0.25) is 0 Å². The van der Waals surface area contributed by atoms with Gasteiger partial charge in [-0.25, -0.2) is 4.99 Å². The molecule has 1 spiro atoms. The van der Waals surface area contributed by atoms with Crippen molar-refractivity contribution in [1.29, 1.82) is 0 Å². The number of anilines is 1. The van der Waals surface area contributed by atoms with Gasteiger partial charge in [-0.3, -0.25) is 0 Å². The lowest BCUT2D eigenvalue weighted by Gasteiger charge is -2.55. The number of guanidine groups is 1. The highest BCUT2D eigenvalue weighted by Crippen LogP contribution is 2.52. The van der Waals surface area contributed by atoms with Gasteiger partial charge in [-0.15, -0.1) is 24.0 Å². The predicted octanol–water partition coefficient (Wildman–Crippen LogP) is 3.57. The van der Waals surface area contributed by atoms with Crippen molar-refractivity contribution in [1.82, 2.24) is 0 Å². The average Bonchev–Trinajstić information content (AvgIpc) is 2.61. The van der Waals surface area contributed by atoms with Gasteiger partial charge < -0.3 is 20.5 Å². The normalized spacial score (nSPS) is 25.1. The van der Waals surface area contributed by atoms with E-state index in [1.165, 1.54) is 5.56 Å². The molecule has 140 valence electrons. The molecule has 0 aromatic heterocycles. The van der Waals surface area contributed by atoms with E-state index >= 15 is 0 Å². The van der Waals surface area contributed by atoms with E-state index in [0.29, 0.717) is 5.96 Å². The van der Waals surface area contributed by atoms with Crippen LogP contribution in [0.1, 0.15) is 38.7 Å². The quantitative estimate of drug-likeness (QED) is 0.402. The van der Waals surface area contributed by atoms with E-state index in [2.05, 4.69) is 31.3 Å². The molecule has 3 N–H and O–H groups in total. The zero-order valence-corrected chi connectivity index (χ0v) is 17.5. The molecule has 0 radical (unpaired) electrons. The Morgan fingerprint density at radius 1 is 1.36 bits per heavy atom. The number of nitrogens with two attached hydrogens (primary N) is 1. The van der Waals surface area contributed by atoms with Crippen molar-refractivity contribution in [3.05, 3.63) is 29.8 Å². The van der Waals surface area contributed by atoms with Gasteiger partial charge >= 0.3 is 0 Å². The number of halogens is 1. The molecule has 3 rings (SSSR count). The number of rotatable bonds is 5. The zero-order valence-electron chi connectivity index (χ0n) is 15.2. The number of hydrogen-bond acceptors (Lipinski definition) is 3. The lowest BCUT2D eigenvalue weighted by atomic mass is 9.58. The molecule has 0 amide bonds. The highest BCUT2D eigenvalue weighted by atomic mass is 127. The first-order valence-corrected chi connectivity index (χ1v) is 9.06. The SMILES string of the molecule is CCOC1CC(N=C(N)Nc2cccc(CC)c2)C12CCOCC2.I. The number of aliphatic imine (C=N–C) groups is 1. The summed E-state index contributed by atoms with van der Waals surface area (Å²) in [5.41, 5.74) is 8.57. The molecule has 2 aliphatic rings. The van der Waals surface area contributed by atoms with Gasteiger partial charge in [0.05, 0.1) is 12.1 Å².